The van der Waals surface area contributed by atoms with Crippen molar-refractivity contribution in [1.29, 1.82) is 0 Å². The van der Waals surface area contributed by atoms with Gasteiger partial charge in [0.05, 0.1) is 10.0 Å². The van der Waals surface area contributed by atoms with Gasteiger partial charge in [-0.3, -0.25) is 0 Å². The molecule has 1 aromatic carbocycles. The van der Waals surface area contributed by atoms with Gasteiger partial charge < -0.3 is 0 Å². The fourth-order valence-electron chi connectivity index (χ4n) is 1.09. The van der Waals surface area contributed by atoms with Gasteiger partial charge in [0.25, 0.3) is 0 Å². The predicted octanol–water partition coefficient (Wildman–Crippen LogP) is 3.34. The Hall–Kier alpha value is -0.000000000000000111. The zero-order valence-electron chi connectivity index (χ0n) is 8.43. The highest BCUT2D eigenvalue weighted by molar-refractivity contribution is 7.89. The first-order valence-corrected chi connectivity index (χ1v) is 7.14. The van der Waals surface area contributed by atoms with E-state index in [1.807, 2.05) is 6.92 Å². The summed E-state index contributed by atoms with van der Waals surface area (Å²) in [5, 5.41) is 0.326. The number of nitrogens with one attached hydrogen (secondary N) is 1. The van der Waals surface area contributed by atoms with Crippen LogP contribution in [0.4, 0.5) is 0 Å². The lowest BCUT2D eigenvalue weighted by Crippen LogP contribution is -2.25. The number of benzene rings is 1. The summed E-state index contributed by atoms with van der Waals surface area (Å²) in [6, 6.07) is 2.69. The molecule has 1 N–H and O–H groups in total. The summed E-state index contributed by atoms with van der Waals surface area (Å²) in [7, 11) is -3.67. The second-order valence-electron chi connectivity index (χ2n) is 3.10. The van der Waals surface area contributed by atoms with Crippen molar-refractivity contribution in [3.63, 3.8) is 0 Å². The van der Waals surface area contributed by atoms with Crippen molar-refractivity contribution >= 4 is 44.8 Å². The van der Waals surface area contributed by atoms with Gasteiger partial charge in [0.15, 0.2) is 0 Å². The molecular weight excluding hydrogens is 293 g/mol. The minimum absolute atomic E-state index is 0.0149. The third-order valence-electron chi connectivity index (χ3n) is 1.77. The minimum atomic E-state index is -3.67. The van der Waals surface area contributed by atoms with Crippen LogP contribution in [0.15, 0.2) is 17.0 Å². The van der Waals surface area contributed by atoms with E-state index in [4.69, 9.17) is 34.8 Å². The first-order chi connectivity index (χ1) is 7.38. The molecule has 0 amide bonds. The third-order valence-corrected chi connectivity index (χ3v) is 4.37. The Morgan fingerprint density at radius 2 is 1.69 bits per heavy atom. The molecule has 0 aliphatic carbocycles. The molecule has 0 heterocycles. The summed E-state index contributed by atoms with van der Waals surface area (Å²) in [4.78, 5) is -0.131. The van der Waals surface area contributed by atoms with Gasteiger partial charge in [0.1, 0.15) is 4.90 Å². The molecule has 7 heteroatoms. The maximum atomic E-state index is 11.8. The van der Waals surface area contributed by atoms with Crippen molar-refractivity contribution in [3.05, 3.63) is 27.2 Å². The van der Waals surface area contributed by atoms with E-state index >= 15 is 0 Å². The molecule has 0 unspecified atom stereocenters. The molecule has 0 saturated carbocycles. The zero-order chi connectivity index (χ0) is 12.3. The average Bonchev–Trinajstić information content (AvgIpc) is 2.12. The number of hydrogen-bond acceptors (Lipinski definition) is 2. The highest BCUT2D eigenvalue weighted by atomic mass is 35.5. The lowest BCUT2D eigenvalue weighted by molar-refractivity contribution is 0.581. The van der Waals surface area contributed by atoms with E-state index in [0.717, 1.165) is 0 Å². The van der Waals surface area contributed by atoms with E-state index in [9.17, 15) is 8.42 Å². The number of rotatable bonds is 4. The Labute approximate surface area is 110 Å². The summed E-state index contributed by atoms with van der Waals surface area (Å²) >= 11 is 17.3. The lowest BCUT2D eigenvalue weighted by atomic mass is 10.4. The average molecular weight is 303 g/mol. The van der Waals surface area contributed by atoms with Crippen LogP contribution in [0.5, 0.6) is 0 Å². The minimum Gasteiger partial charge on any atom is -0.211 e. The van der Waals surface area contributed by atoms with Crippen LogP contribution in [-0.4, -0.2) is 15.0 Å². The molecule has 1 aromatic rings. The van der Waals surface area contributed by atoms with Crippen LogP contribution in [0.3, 0.4) is 0 Å². The lowest BCUT2D eigenvalue weighted by Gasteiger charge is -2.09. The molecule has 0 aliphatic rings. The highest BCUT2D eigenvalue weighted by Crippen LogP contribution is 2.32. The van der Waals surface area contributed by atoms with Crippen molar-refractivity contribution in [1.82, 2.24) is 4.72 Å². The quantitative estimate of drug-likeness (QED) is 0.927. The van der Waals surface area contributed by atoms with Gasteiger partial charge in [-0.25, -0.2) is 13.1 Å². The van der Waals surface area contributed by atoms with Crippen molar-refractivity contribution in [2.24, 2.45) is 0 Å². The molecular formula is C9H10Cl3NO2S. The molecule has 3 nitrogen and oxygen atoms in total. The fourth-order valence-corrected chi connectivity index (χ4v) is 3.77. The maximum absolute atomic E-state index is 11.8. The number of hydrogen-bond donors (Lipinski definition) is 1. The Kier molecular flexibility index (Phi) is 4.88. The molecule has 0 radical (unpaired) electrons. The number of halogens is 3. The van der Waals surface area contributed by atoms with Crippen molar-refractivity contribution < 1.29 is 8.42 Å². The van der Waals surface area contributed by atoms with Crippen LogP contribution in [-0.2, 0) is 10.0 Å². The molecule has 0 atom stereocenters. The smallest absolute Gasteiger partial charge is 0.211 e. The van der Waals surface area contributed by atoms with Crippen LogP contribution >= 0.6 is 34.8 Å². The van der Waals surface area contributed by atoms with E-state index in [1.54, 1.807) is 0 Å². The van der Waals surface area contributed by atoms with Gasteiger partial charge in [-0.1, -0.05) is 41.7 Å². The monoisotopic (exact) mass is 301 g/mol. The van der Waals surface area contributed by atoms with Crippen LogP contribution in [0.25, 0.3) is 0 Å². The second kappa shape index (κ2) is 5.56. The van der Waals surface area contributed by atoms with Crippen molar-refractivity contribution in [2.45, 2.75) is 18.2 Å². The second-order valence-corrected chi connectivity index (χ2v) is 6.05. The SMILES string of the molecule is CCCNS(=O)(=O)c1c(Cl)cc(Cl)cc1Cl. The fraction of sp³-hybridized carbons (Fsp3) is 0.333. The van der Waals surface area contributed by atoms with E-state index in [2.05, 4.69) is 4.72 Å². The summed E-state index contributed by atoms with van der Waals surface area (Å²) in [5.41, 5.74) is 0. The predicted molar refractivity (Wildman–Crippen MR) is 67.0 cm³/mol. The first kappa shape index (κ1) is 14.1. The summed E-state index contributed by atoms with van der Waals surface area (Å²) in [5.74, 6) is 0. The Balaban J connectivity index is 3.23. The van der Waals surface area contributed by atoms with Gasteiger partial charge in [-0.15, -0.1) is 0 Å². The highest BCUT2D eigenvalue weighted by Gasteiger charge is 2.21. The first-order valence-electron chi connectivity index (χ1n) is 4.52. The maximum Gasteiger partial charge on any atom is 0.243 e. The summed E-state index contributed by atoms with van der Waals surface area (Å²) in [6.45, 7) is 2.19. The Morgan fingerprint density at radius 3 is 2.12 bits per heavy atom. The van der Waals surface area contributed by atoms with Crippen LogP contribution in [0.2, 0.25) is 15.1 Å². The molecule has 0 fully saturated rings. The third kappa shape index (κ3) is 3.25. The zero-order valence-corrected chi connectivity index (χ0v) is 11.5. The van der Waals surface area contributed by atoms with Crippen LogP contribution in [0, 0.1) is 0 Å². The molecule has 0 aromatic heterocycles. The van der Waals surface area contributed by atoms with Gasteiger partial charge in [0, 0.05) is 11.6 Å². The largest absolute Gasteiger partial charge is 0.243 e. The topological polar surface area (TPSA) is 46.2 Å². The molecule has 90 valence electrons. The molecule has 0 saturated heterocycles. The van der Waals surface area contributed by atoms with Crippen molar-refractivity contribution in [2.75, 3.05) is 6.54 Å². The molecule has 16 heavy (non-hydrogen) atoms. The Morgan fingerprint density at radius 1 is 1.19 bits per heavy atom. The molecule has 0 bridgehead atoms. The summed E-state index contributed by atoms with van der Waals surface area (Å²) in [6.07, 6.45) is 0.683. The molecule has 1 rings (SSSR count). The van der Waals surface area contributed by atoms with E-state index in [1.165, 1.54) is 12.1 Å². The normalized spacial score (nSPS) is 11.8. The van der Waals surface area contributed by atoms with E-state index in [0.29, 0.717) is 18.0 Å². The summed E-state index contributed by atoms with van der Waals surface area (Å²) < 4.78 is 26.0. The standard InChI is InChI=1S/C9H10Cl3NO2S/c1-2-3-13-16(14,15)9-7(11)4-6(10)5-8(9)12/h4-5,13H,2-3H2,1H3. The molecule has 0 aliphatic heterocycles. The molecule has 0 spiro atoms. The van der Waals surface area contributed by atoms with Crippen LogP contribution in [0.1, 0.15) is 13.3 Å². The van der Waals surface area contributed by atoms with Gasteiger partial charge in [-0.05, 0) is 18.6 Å². The van der Waals surface area contributed by atoms with Crippen LogP contribution < -0.4 is 4.72 Å². The van der Waals surface area contributed by atoms with Gasteiger partial charge >= 0.3 is 0 Å². The Bertz CT molecular complexity index is 465. The van der Waals surface area contributed by atoms with E-state index in [-0.39, 0.29) is 14.9 Å². The van der Waals surface area contributed by atoms with Crippen molar-refractivity contribution in [3.8, 4) is 0 Å². The van der Waals surface area contributed by atoms with Gasteiger partial charge in [-0.2, -0.15) is 0 Å². The van der Waals surface area contributed by atoms with Gasteiger partial charge in [0.2, 0.25) is 10.0 Å². The van der Waals surface area contributed by atoms with E-state index < -0.39 is 10.0 Å². The number of sulfonamides is 1.